The van der Waals surface area contributed by atoms with Gasteiger partial charge in [0.1, 0.15) is 17.9 Å². The van der Waals surface area contributed by atoms with Gasteiger partial charge >= 0.3 is 5.91 Å². The van der Waals surface area contributed by atoms with Crippen molar-refractivity contribution in [3.05, 3.63) is 102 Å². The Morgan fingerprint density at radius 3 is 2.57 bits per heavy atom. The van der Waals surface area contributed by atoms with Crippen LogP contribution in [0.15, 0.2) is 94.4 Å². The van der Waals surface area contributed by atoms with E-state index >= 15 is 0 Å². The molecule has 4 rings (SSSR count). The van der Waals surface area contributed by atoms with E-state index in [1.54, 1.807) is 12.3 Å². The molecule has 0 atom stereocenters. The molecule has 138 valence electrons. The molecule has 5 heteroatoms. The Morgan fingerprint density at radius 2 is 1.71 bits per heavy atom. The van der Waals surface area contributed by atoms with Gasteiger partial charge in [-0.1, -0.05) is 60.7 Å². The number of ether oxygens (including phenoxy) is 1. The SMILES string of the molecule is O=C(NN=Cc1ccccc1OCc1ccccc1)c1cc2ccccc2o1. The fourth-order valence-corrected chi connectivity index (χ4v) is 2.76. The third-order valence-corrected chi connectivity index (χ3v) is 4.18. The molecule has 0 saturated heterocycles. The van der Waals surface area contributed by atoms with E-state index in [-0.39, 0.29) is 5.76 Å². The van der Waals surface area contributed by atoms with Crippen LogP contribution in [0.1, 0.15) is 21.7 Å². The summed E-state index contributed by atoms with van der Waals surface area (Å²) in [5, 5.41) is 4.91. The monoisotopic (exact) mass is 370 g/mol. The summed E-state index contributed by atoms with van der Waals surface area (Å²) in [6.45, 7) is 0.455. The number of hydrazone groups is 1. The number of furan rings is 1. The number of amides is 1. The van der Waals surface area contributed by atoms with E-state index in [2.05, 4.69) is 10.5 Å². The minimum absolute atomic E-state index is 0.215. The van der Waals surface area contributed by atoms with E-state index in [1.165, 1.54) is 0 Å². The van der Waals surface area contributed by atoms with Gasteiger partial charge < -0.3 is 9.15 Å². The zero-order valence-corrected chi connectivity index (χ0v) is 15.0. The normalized spacial score (nSPS) is 11.0. The topological polar surface area (TPSA) is 63.8 Å². The Morgan fingerprint density at radius 1 is 0.964 bits per heavy atom. The summed E-state index contributed by atoms with van der Waals surface area (Å²) in [6.07, 6.45) is 1.56. The molecule has 4 aromatic rings. The van der Waals surface area contributed by atoms with Crippen LogP contribution < -0.4 is 10.2 Å². The fourth-order valence-electron chi connectivity index (χ4n) is 2.76. The first kappa shape index (κ1) is 17.5. The Bertz CT molecular complexity index is 1080. The lowest BCUT2D eigenvalue weighted by atomic mass is 10.2. The molecule has 0 radical (unpaired) electrons. The van der Waals surface area contributed by atoms with Crippen LogP contribution >= 0.6 is 0 Å². The average Bonchev–Trinajstić information content (AvgIpc) is 3.18. The lowest BCUT2D eigenvalue weighted by Gasteiger charge is -2.08. The van der Waals surface area contributed by atoms with Crippen LogP contribution in [-0.2, 0) is 6.61 Å². The molecule has 0 spiro atoms. The van der Waals surface area contributed by atoms with Gasteiger partial charge in [-0.2, -0.15) is 5.10 Å². The number of nitrogens with zero attached hydrogens (tertiary/aromatic N) is 1. The molecule has 1 amide bonds. The van der Waals surface area contributed by atoms with E-state index in [9.17, 15) is 4.79 Å². The van der Waals surface area contributed by atoms with Crippen molar-refractivity contribution in [2.45, 2.75) is 6.61 Å². The van der Waals surface area contributed by atoms with E-state index < -0.39 is 5.91 Å². The van der Waals surface area contributed by atoms with E-state index in [0.717, 1.165) is 16.5 Å². The number of carbonyl (C=O) groups excluding carboxylic acids is 1. The molecule has 5 nitrogen and oxygen atoms in total. The van der Waals surface area contributed by atoms with Crippen LogP contribution in [0.3, 0.4) is 0 Å². The standard InChI is InChI=1S/C23H18N2O3/c26-23(22-14-18-10-4-7-13-21(18)28-22)25-24-15-19-11-5-6-12-20(19)27-16-17-8-2-1-3-9-17/h1-15H,16H2,(H,25,26). The maximum atomic E-state index is 12.3. The van der Waals surface area contributed by atoms with Crippen molar-refractivity contribution < 1.29 is 13.9 Å². The number of fused-ring (bicyclic) bond motifs is 1. The van der Waals surface area contributed by atoms with Gasteiger partial charge in [-0.3, -0.25) is 4.79 Å². The third kappa shape index (κ3) is 4.10. The van der Waals surface area contributed by atoms with Gasteiger partial charge in [-0.15, -0.1) is 0 Å². The molecule has 0 aliphatic rings. The second-order valence-electron chi connectivity index (χ2n) is 6.16. The van der Waals surface area contributed by atoms with Gasteiger partial charge in [0, 0.05) is 10.9 Å². The second-order valence-corrected chi connectivity index (χ2v) is 6.16. The summed E-state index contributed by atoms with van der Waals surface area (Å²) in [5.41, 5.74) is 5.00. The summed E-state index contributed by atoms with van der Waals surface area (Å²) in [5.74, 6) is 0.496. The van der Waals surface area contributed by atoms with Crippen LogP contribution in [0, 0.1) is 0 Å². The maximum Gasteiger partial charge on any atom is 0.307 e. The number of rotatable bonds is 6. The molecular formula is C23H18N2O3. The maximum absolute atomic E-state index is 12.3. The molecule has 1 N–H and O–H groups in total. The first-order valence-electron chi connectivity index (χ1n) is 8.87. The summed E-state index contributed by atoms with van der Waals surface area (Å²) in [6, 6.07) is 26.6. The molecule has 0 fully saturated rings. The zero-order chi connectivity index (χ0) is 19.2. The molecule has 3 aromatic carbocycles. The van der Waals surface area contributed by atoms with Crippen molar-refractivity contribution in [3.8, 4) is 5.75 Å². The Labute approximate surface area is 162 Å². The highest BCUT2D eigenvalue weighted by Gasteiger charge is 2.11. The molecular weight excluding hydrogens is 352 g/mol. The minimum Gasteiger partial charge on any atom is -0.488 e. The van der Waals surface area contributed by atoms with Gasteiger partial charge in [-0.05, 0) is 29.8 Å². The van der Waals surface area contributed by atoms with Crippen molar-refractivity contribution in [3.63, 3.8) is 0 Å². The van der Waals surface area contributed by atoms with E-state index in [0.29, 0.717) is 17.9 Å². The average molecular weight is 370 g/mol. The first-order valence-corrected chi connectivity index (χ1v) is 8.87. The quantitative estimate of drug-likeness (QED) is 0.393. The molecule has 0 saturated carbocycles. The summed E-state index contributed by atoms with van der Waals surface area (Å²) >= 11 is 0. The smallest absolute Gasteiger partial charge is 0.307 e. The van der Waals surface area contributed by atoms with Crippen LogP contribution in [0.5, 0.6) is 5.75 Å². The number of carbonyl (C=O) groups is 1. The lowest BCUT2D eigenvalue weighted by molar-refractivity contribution is 0.0929. The fraction of sp³-hybridized carbons (Fsp3) is 0.0435. The number of hydrogen-bond acceptors (Lipinski definition) is 4. The van der Waals surface area contributed by atoms with Crippen molar-refractivity contribution in [2.24, 2.45) is 5.10 Å². The number of benzene rings is 3. The van der Waals surface area contributed by atoms with Crippen LogP contribution in [0.4, 0.5) is 0 Å². The minimum atomic E-state index is -0.407. The Kier molecular flexibility index (Phi) is 5.15. The molecule has 0 unspecified atom stereocenters. The highest BCUT2D eigenvalue weighted by Crippen LogP contribution is 2.19. The lowest BCUT2D eigenvalue weighted by Crippen LogP contribution is -2.16. The molecule has 0 aliphatic heterocycles. The number of hydrogen-bond donors (Lipinski definition) is 1. The molecule has 1 aromatic heterocycles. The Balaban J connectivity index is 1.42. The van der Waals surface area contributed by atoms with Crippen molar-refractivity contribution in [1.82, 2.24) is 5.43 Å². The van der Waals surface area contributed by atoms with Crippen molar-refractivity contribution in [2.75, 3.05) is 0 Å². The van der Waals surface area contributed by atoms with E-state index in [4.69, 9.17) is 9.15 Å². The van der Waals surface area contributed by atoms with Gasteiger partial charge in [0.15, 0.2) is 5.76 Å². The van der Waals surface area contributed by atoms with Gasteiger partial charge in [0.05, 0.1) is 6.21 Å². The van der Waals surface area contributed by atoms with Crippen LogP contribution in [-0.4, -0.2) is 12.1 Å². The Hall–Kier alpha value is -3.86. The van der Waals surface area contributed by atoms with Crippen LogP contribution in [0.25, 0.3) is 11.0 Å². The van der Waals surface area contributed by atoms with Crippen LogP contribution in [0.2, 0.25) is 0 Å². The highest BCUT2D eigenvalue weighted by molar-refractivity contribution is 5.96. The first-order chi connectivity index (χ1) is 13.8. The summed E-state index contributed by atoms with van der Waals surface area (Å²) in [4.78, 5) is 12.3. The summed E-state index contributed by atoms with van der Waals surface area (Å²) < 4.78 is 11.4. The van der Waals surface area contributed by atoms with Crippen molar-refractivity contribution >= 4 is 23.1 Å². The van der Waals surface area contributed by atoms with Gasteiger partial charge in [0.25, 0.3) is 0 Å². The third-order valence-electron chi connectivity index (χ3n) is 4.18. The number of para-hydroxylation sites is 2. The largest absolute Gasteiger partial charge is 0.488 e. The highest BCUT2D eigenvalue weighted by atomic mass is 16.5. The predicted octanol–water partition coefficient (Wildman–Crippen LogP) is 4.78. The van der Waals surface area contributed by atoms with Crippen molar-refractivity contribution in [1.29, 1.82) is 0 Å². The van der Waals surface area contributed by atoms with E-state index in [1.807, 2.05) is 78.9 Å². The zero-order valence-electron chi connectivity index (χ0n) is 15.0. The second kappa shape index (κ2) is 8.22. The molecule has 0 aliphatic carbocycles. The predicted molar refractivity (Wildman–Crippen MR) is 108 cm³/mol. The number of nitrogens with one attached hydrogen (secondary N) is 1. The van der Waals surface area contributed by atoms with Gasteiger partial charge in [0.2, 0.25) is 0 Å². The molecule has 28 heavy (non-hydrogen) atoms. The van der Waals surface area contributed by atoms with Gasteiger partial charge in [-0.25, -0.2) is 5.43 Å². The molecule has 1 heterocycles. The summed E-state index contributed by atoms with van der Waals surface area (Å²) in [7, 11) is 0. The molecule has 0 bridgehead atoms.